The van der Waals surface area contributed by atoms with Gasteiger partial charge in [-0.05, 0) is 36.4 Å². The van der Waals surface area contributed by atoms with E-state index in [9.17, 15) is 0 Å². The summed E-state index contributed by atoms with van der Waals surface area (Å²) in [7, 11) is 1.65. The van der Waals surface area contributed by atoms with E-state index in [4.69, 9.17) is 9.15 Å². The summed E-state index contributed by atoms with van der Waals surface area (Å²) in [5.74, 6) is 1.73. The first-order valence-electron chi connectivity index (χ1n) is 5.08. The lowest BCUT2D eigenvalue weighted by Crippen LogP contribution is -1.81. The minimum Gasteiger partial charge on any atom is -0.497 e. The van der Waals surface area contributed by atoms with Gasteiger partial charge in [0, 0.05) is 5.56 Å². The predicted molar refractivity (Wildman–Crippen MR) is 62.0 cm³/mol. The zero-order valence-electron chi connectivity index (χ0n) is 9.36. The van der Waals surface area contributed by atoms with E-state index in [1.54, 1.807) is 13.4 Å². The standard InChI is InChI=1S/C11H10O2.C2H6/c1-12-10-6-4-9(5-7-10)11-3-2-8-13-11;1-2/h2-8H,1H3;1-2H3. The highest BCUT2D eigenvalue weighted by Crippen LogP contribution is 2.22. The predicted octanol–water partition coefficient (Wildman–Crippen LogP) is 3.98. The lowest BCUT2D eigenvalue weighted by Gasteiger charge is -1.99. The smallest absolute Gasteiger partial charge is 0.133 e. The van der Waals surface area contributed by atoms with Crippen molar-refractivity contribution in [1.82, 2.24) is 0 Å². The summed E-state index contributed by atoms with van der Waals surface area (Å²) in [6.07, 6.45) is 1.67. The third-order valence-corrected chi connectivity index (χ3v) is 1.90. The number of hydrogen-bond acceptors (Lipinski definition) is 2. The van der Waals surface area contributed by atoms with Crippen LogP contribution >= 0.6 is 0 Å². The van der Waals surface area contributed by atoms with Crippen LogP contribution in [0.4, 0.5) is 0 Å². The summed E-state index contributed by atoms with van der Waals surface area (Å²) in [4.78, 5) is 0. The molecule has 2 aromatic rings. The summed E-state index contributed by atoms with van der Waals surface area (Å²) < 4.78 is 10.3. The molecule has 0 radical (unpaired) electrons. The molecule has 0 fully saturated rings. The maximum Gasteiger partial charge on any atom is 0.133 e. The van der Waals surface area contributed by atoms with Gasteiger partial charge in [-0.15, -0.1) is 0 Å². The highest BCUT2D eigenvalue weighted by Gasteiger charge is 1.99. The molecule has 15 heavy (non-hydrogen) atoms. The Morgan fingerprint density at radius 3 is 2.13 bits per heavy atom. The minimum absolute atomic E-state index is 0.857. The number of ether oxygens (including phenoxy) is 1. The molecule has 2 heteroatoms. The Bertz CT molecular complexity index is 360. The van der Waals surface area contributed by atoms with E-state index in [1.165, 1.54) is 0 Å². The van der Waals surface area contributed by atoms with Gasteiger partial charge in [0.05, 0.1) is 13.4 Å². The van der Waals surface area contributed by atoms with Crippen LogP contribution in [0.25, 0.3) is 11.3 Å². The van der Waals surface area contributed by atoms with Gasteiger partial charge in [0.2, 0.25) is 0 Å². The molecule has 1 aromatic carbocycles. The van der Waals surface area contributed by atoms with Crippen molar-refractivity contribution in [1.29, 1.82) is 0 Å². The van der Waals surface area contributed by atoms with E-state index < -0.39 is 0 Å². The maximum atomic E-state index is 5.25. The minimum atomic E-state index is 0.857. The van der Waals surface area contributed by atoms with Crippen molar-refractivity contribution in [2.45, 2.75) is 13.8 Å². The van der Waals surface area contributed by atoms with Gasteiger partial charge < -0.3 is 9.15 Å². The van der Waals surface area contributed by atoms with Crippen LogP contribution < -0.4 is 4.74 Å². The molecule has 0 aliphatic heterocycles. The first kappa shape index (κ1) is 11.4. The fraction of sp³-hybridized carbons (Fsp3) is 0.231. The first-order chi connectivity index (χ1) is 7.40. The molecule has 1 heterocycles. The van der Waals surface area contributed by atoms with Crippen molar-refractivity contribution in [3.05, 3.63) is 42.7 Å². The Kier molecular flexibility index (Phi) is 4.48. The molecule has 0 N–H and O–H groups in total. The van der Waals surface area contributed by atoms with Crippen LogP contribution in [0, 0.1) is 0 Å². The van der Waals surface area contributed by atoms with E-state index >= 15 is 0 Å². The normalized spacial score (nSPS) is 9.00. The van der Waals surface area contributed by atoms with Gasteiger partial charge >= 0.3 is 0 Å². The van der Waals surface area contributed by atoms with Crippen molar-refractivity contribution >= 4 is 0 Å². The second-order valence-corrected chi connectivity index (χ2v) is 2.71. The van der Waals surface area contributed by atoms with E-state index in [0.29, 0.717) is 0 Å². The molecule has 0 bridgehead atoms. The molecule has 0 unspecified atom stereocenters. The second kappa shape index (κ2) is 5.91. The Hall–Kier alpha value is -1.70. The molecule has 0 aliphatic carbocycles. The number of hydrogen-bond donors (Lipinski definition) is 0. The van der Waals surface area contributed by atoms with Crippen LogP contribution in [0.5, 0.6) is 5.75 Å². The first-order valence-corrected chi connectivity index (χ1v) is 5.08. The monoisotopic (exact) mass is 204 g/mol. The van der Waals surface area contributed by atoms with Crippen LogP contribution in [0.2, 0.25) is 0 Å². The molecular formula is C13H16O2. The lowest BCUT2D eigenvalue weighted by atomic mass is 10.2. The summed E-state index contributed by atoms with van der Waals surface area (Å²) in [5.41, 5.74) is 1.06. The Morgan fingerprint density at radius 2 is 1.67 bits per heavy atom. The fourth-order valence-electron chi connectivity index (χ4n) is 1.20. The van der Waals surface area contributed by atoms with E-state index in [1.807, 2.05) is 50.2 Å². The lowest BCUT2D eigenvalue weighted by molar-refractivity contribution is 0.415. The van der Waals surface area contributed by atoms with Gasteiger partial charge in [0.25, 0.3) is 0 Å². The summed E-state index contributed by atoms with van der Waals surface area (Å²) in [6, 6.07) is 11.6. The molecule has 2 nitrogen and oxygen atoms in total. The van der Waals surface area contributed by atoms with Gasteiger partial charge in [0.15, 0.2) is 0 Å². The van der Waals surface area contributed by atoms with Gasteiger partial charge in [-0.2, -0.15) is 0 Å². The summed E-state index contributed by atoms with van der Waals surface area (Å²) >= 11 is 0. The molecule has 0 atom stereocenters. The van der Waals surface area contributed by atoms with Crippen molar-refractivity contribution in [2.75, 3.05) is 7.11 Å². The Balaban J connectivity index is 0.000000531. The molecule has 0 aliphatic rings. The molecule has 2 rings (SSSR count). The molecule has 0 saturated heterocycles. The number of furan rings is 1. The second-order valence-electron chi connectivity index (χ2n) is 2.71. The highest BCUT2D eigenvalue weighted by atomic mass is 16.5. The van der Waals surface area contributed by atoms with Gasteiger partial charge in [-0.1, -0.05) is 13.8 Å². The molecule has 80 valence electrons. The largest absolute Gasteiger partial charge is 0.497 e. The van der Waals surface area contributed by atoms with Crippen molar-refractivity contribution in [3.8, 4) is 17.1 Å². The average molecular weight is 204 g/mol. The topological polar surface area (TPSA) is 22.4 Å². The van der Waals surface area contributed by atoms with Crippen LogP contribution in [0.3, 0.4) is 0 Å². The number of benzene rings is 1. The molecule has 0 spiro atoms. The molecule has 0 amide bonds. The van der Waals surface area contributed by atoms with Gasteiger partial charge in [-0.3, -0.25) is 0 Å². The van der Waals surface area contributed by atoms with Gasteiger partial charge in [-0.25, -0.2) is 0 Å². The van der Waals surface area contributed by atoms with Crippen molar-refractivity contribution in [3.63, 3.8) is 0 Å². The Morgan fingerprint density at radius 1 is 1.00 bits per heavy atom. The molecule has 0 saturated carbocycles. The van der Waals surface area contributed by atoms with Crippen molar-refractivity contribution < 1.29 is 9.15 Å². The summed E-state index contributed by atoms with van der Waals surface area (Å²) in [6.45, 7) is 4.00. The Labute approximate surface area is 90.5 Å². The van der Waals surface area contributed by atoms with Crippen LogP contribution in [-0.2, 0) is 0 Å². The number of rotatable bonds is 2. The van der Waals surface area contributed by atoms with E-state index in [2.05, 4.69) is 0 Å². The van der Waals surface area contributed by atoms with E-state index in [0.717, 1.165) is 17.1 Å². The average Bonchev–Trinajstić information content (AvgIpc) is 2.85. The quantitative estimate of drug-likeness (QED) is 0.738. The fourth-order valence-corrected chi connectivity index (χ4v) is 1.20. The van der Waals surface area contributed by atoms with Crippen LogP contribution in [0.1, 0.15) is 13.8 Å². The van der Waals surface area contributed by atoms with Crippen molar-refractivity contribution in [2.24, 2.45) is 0 Å². The van der Waals surface area contributed by atoms with Crippen LogP contribution in [-0.4, -0.2) is 7.11 Å². The number of methoxy groups -OCH3 is 1. The zero-order chi connectivity index (χ0) is 11.1. The van der Waals surface area contributed by atoms with E-state index in [-0.39, 0.29) is 0 Å². The molecule has 1 aromatic heterocycles. The summed E-state index contributed by atoms with van der Waals surface area (Å²) in [5, 5.41) is 0. The van der Waals surface area contributed by atoms with Gasteiger partial charge in [0.1, 0.15) is 11.5 Å². The SMILES string of the molecule is CC.COc1ccc(-c2ccco2)cc1. The third kappa shape index (κ3) is 2.88. The third-order valence-electron chi connectivity index (χ3n) is 1.90. The van der Waals surface area contributed by atoms with Crippen LogP contribution in [0.15, 0.2) is 47.1 Å². The maximum absolute atomic E-state index is 5.25. The zero-order valence-corrected chi connectivity index (χ0v) is 9.36. The highest BCUT2D eigenvalue weighted by molar-refractivity contribution is 5.58. The molecular weight excluding hydrogens is 188 g/mol.